The highest BCUT2D eigenvalue weighted by atomic mass is 16.5. The van der Waals surface area contributed by atoms with Crippen molar-refractivity contribution in [1.82, 2.24) is 5.32 Å². The third kappa shape index (κ3) is 15.9. The molecular formula is C14H31NO2. The van der Waals surface area contributed by atoms with Gasteiger partial charge in [-0.15, -0.1) is 0 Å². The normalized spacial score (nSPS) is 10.9. The van der Waals surface area contributed by atoms with E-state index in [2.05, 4.69) is 19.2 Å². The Morgan fingerprint density at radius 2 is 1.06 bits per heavy atom. The largest absolute Gasteiger partial charge is 0.381 e. The SMILES string of the molecule is CCCCOCCCNCCCOCCCC. The number of nitrogens with one attached hydrogen (secondary N) is 1. The molecule has 0 amide bonds. The van der Waals surface area contributed by atoms with Gasteiger partial charge in [-0.25, -0.2) is 0 Å². The minimum atomic E-state index is 0.889. The van der Waals surface area contributed by atoms with Gasteiger partial charge < -0.3 is 14.8 Å². The van der Waals surface area contributed by atoms with E-state index in [4.69, 9.17) is 9.47 Å². The molecule has 0 aliphatic heterocycles. The van der Waals surface area contributed by atoms with Crippen LogP contribution in [-0.2, 0) is 9.47 Å². The topological polar surface area (TPSA) is 30.5 Å². The Morgan fingerprint density at radius 3 is 1.47 bits per heavy atom. The van der Waals surface area contributed by atoms with Crippen molar-refractivity contribution in [1.29, 1.82) is 0 Å². The Morgan fingerprint density at radius 1 is 0.647 bits per heavy atom. The lowest BCUT2D eigenvalue weighted by Gasteiger charge is -2.06. The molecule has 0 fully saturated rings. The van der Waals surface area contributed by atoms with Gasteiger partial charge in [0.25, 0.3) is 0 Å². The van der Waals surface area contributed by atoms with Gasteiger partial charge in [-0.3, -0.25) is 0 Å². The third-order valence-electron chi connectivity index (χ3n) is 2.57. The standard InChI is InChI=1S/C14H31NO2/c1-3-5-11-16-13-7-9-15-10-8-14-17-12-6-4-2/h15H,3-14H2,1-2H3. The Kier molecular flexibility index (Phi) is 15.8. The lowest BCUT2D eigenvalue weighted by atomic mass is 10.3. The number of rotatable bonds is 14. The van der Waals surface area contributed by atoms with Gasteiger partial charge in [0, 0.05) is 26.4 Å². The van der Waals surface area contributed by atoms with E-state index in [1.165, 1.54) is 25.7 Å². The quantitative estimate of drug-likeness (QED) is 0.477. The first-order chi connectivity index (χ1) is 8.41. The van der Waals surface area contributed by atoms with Crippen LogP contribution in [0.15, 0.2) is 0 Å². The van der Waals surface area contributed by atoms with Gasteiger partial charge in [0.05, 0.1) is 0 Å². The summed E-state index contributed by atoms with van der Waals surface area (Å²) >= 11 is 0. The fourth-order valence-corrected chi connectivity index (χ4v) is 1.42. The van der Waals surface area contributed by atoms with E-state index >= 15 is 0 Å². The van der Waals surface area contributed by atoms with Crippen LogP contribution in [0, 0.1) is 0 Å². The maximum atomic E-state index is 5.48. The van der Waals surface area contributed by atoms with Crippen molar-refractivity contribution in [2.45, 2.75) is 52.4 Å². The van der Waals surface area contributed by atoms with Crippen molar-refractivity contribution in [3.63, 3.8) is 0 Å². The highest BCUT2D eigenvalue weighted by Gasteiger charge is 1.91. The predicted molar refractivity (Wildman–Crippen MR) is 73.6 cm³/mol. The Labute approximate surface area is 107 Å². The number of hydrogen-bond acceptors (Lipinski definition) is 3. The van der Waals surface area contributed by atoms with Crippen LogP contribution >= 0.6 is 0 Å². The van der Waals surface area contributed by atoms with E-state index in [-0.39, 0.29) is 0 Å². The fraction of sp³-hybridized carbons (Fsp3) is 1.00. The van der Waals surface area contributed by atoms with Crippen molar-refractivity contribution in [3.05, 3.63) is 0 Å². The molecule has 0 aromatic heterocycles. The fourth-order valence-electron chi connectivity index (χ4n) is 1.42. The van der Waals surface area contributed by atoms with Gasteiger partial charge >= 0.3 is 0 Å². The van der Waals surface area contributed by atoms with E-state index in [1.807, 2.05) is 0 Å². The molecule has 3 heteroatoms. The van der Waals surface area contributed by atoms with Gasteiger partial charge in [0.1, 0.15) is 0 Å². The van der Waals surface area contributed by atoms with Crippen LogP contribution in [0.3, 0.4) is 0 Å². The van der Waals surface area contributed by atoms with Crippen LogP contribution in [0.1, 0.15) is 52.4 Å². The molecule has 0 aliphatic rings. The molecule has 17 heavy (non-hydrogen) atoms. The van der Waals surface area contributed by atoms with Crippen molar-refractivity contribution in [2.24, 2.45) is 0 Å². The molecule has 0 saturated carbocycles. The molecule has 0 bridgehead atoms. The van der Waals surface area contributed by atoms with Gasteiger partial charge in [-0.2, -0.15) is 0 Å². The molecule has 3 nitrogen and oxygen atoms in total. The summed E-state index contributed by atoms with van der Waals surface area (Å²) in [6, 6.07) is 0. The Bertz CT molecular complexity index is 117. The van der Waals surface area contributed by atoms with Crippen LogP contribution in [0.25, 0.3) is 0 Å². The van der Waals surface area contributed by atoms with E-state index < -0.39 is 0 Å². The molecule has 0 radical (unpaired) electrons. The maximum absolute atomic E-state index is 5.48. The van der Waals surface area contributed by atoms with E-state index in [0.717, 1.165) is 52.4 Å². The highest BCUT2D eigenvalue weighted by molar-refractivity contribution is 4.48. The minimum Gasteiger partial charge on any atom is -0.381 e. The van der Waals surface area contributed by atoms with Crippen molar-refractivity contribution in [2.75, 3.05) is 39.5 Å². The molecule has 0 spiro atoms. The number of hydrogen-bond donors (Lipinski definition) is 1. The van der Waals surface area contributed by atoms with Gasteiger partial charge in [0.15, 0.2) is 0 Å². The molecule has 104 valence electrons. The third-order valence-corrected chi connectivity index (χ3v) is 2.57. The van der Waals surface area contributed by atoms with Crippen LogP contribution in [0.2, 0.25) is 0 Å². The highest BCUT2D eigenvalue weighted by Crippen LogP contribution is 1.90. The van der Waals surface area contributed by atoms with Gasteiger partial charge in [-0.05, 0) is 38.8 Å². The summed E-state index contributed by atoms with van der Waals surface area (Å²) in [5, 5.41) is 3.41. The second-order valence-corrected chi connectivity index (χ2v) is 4.39. The smallest absolute Gasteiger partial charge is 0.0478 e. The van der Waals surface area contributed by atoms with Crippen LogP contribution in [0.5, 0.6) is 0 Å². The zero-order valence-electron chi connectivity index (χ0n) is 11.8. The molecule has 0 aromatic rings. The first-order valence-corrected chi connectivity index (χ1v) is 7.28. The van der Waals surface area contributed by atoms with Gasteiger partial charge in [-0.1, -0.05) is 26.7 Å². The van der Waals surface area contributed by atoms with Crippen molar-refractivity contribution in [3.8, 4) is 0 Å². The number of ether oxygens (including phenoxy) is 2. The molecule has 0 heterocycles. The summed E-state index contributed by atoms with van der Waals surface area (Å²) in [6.45, 7) is 10.1. The summed E-state index contributed by atoms with van der Waals surface area (Å²) in [6.07, 6.45) is 7.03. The van der Waals surface area contributed by atoms with Crippen molar-refractivity contribution < 1.29 is 9.47 Å². The average molecular weight is 245 g/mol. The van der Waals surface area contributed by atoms with E-state index in [1.54, 1.807) is 0 Å². The van der Waals surface area contributed by atoms with Gasteiger partial charge in [0.2, 0.25) is 0 Å². The lowest BCUT2D eigenvalue weighted by Crippen LogP contribution is -2.19. The average Bonchev–Trinajstić information content (AvgIpc) is 2.35. The predicted octanol–water partition coefficient (Wildman–Crippen LogP) is 2.99. The monoisotopic (exact) mass is 245 g/mol. The molecule has 0 aromatic carbocycles. The molecule has 0 atom stereocenters. The van der Waals surface area contributed by atoms with Crippen molar-refractivity contribution >= 4 is 0 Å². The number of unbranched alkanes of at least 4 members (excludes halogenated alkanes) is 2. The summed E-state index contributed by atoms with van der Waals surface area (Å²) < 4.78 is 11.0. The van der Waals surface area contributed by atoms with Crippen LogP contribution < -0.4 is 5.32 Å². The summed E-state index contributed by atoms with van der Waals surface area (Å²) in [4.78, 5) is 0. The molecular weight excluding hydrogens is 214 g/mol. The molecule has 1 N–H and O–H groups in total. The maximum Gasteiger partial charge on any atom is 0.0478 e. The zero-order valence-corrected chi connectivity index (χ0v) is 11.8. The molecule has 0 aliphatic carbocycles. The lowest BCUT2D eigenvalue weighted by molar-refractivity contribution is 0.124. The summed E-state index contributed by atoms with van der Waals surface area (Å²) in [5.41, 5.74) is 0. The van der Waals surface area contributed by atoms with E-state index in [0.29, 0.717) is 0 Å². The Balaban J connectivity index is 2.85. The first-order valence-electron chi connectivity index (χ1n) is 7.28. The Hall–Kier alpha value is -0.120. The second kappa shape index (κ2) is 15.9. The zero-order chi connectivity index (χ0) is 12.6. The molecule has 0 rings (SSSR count). The first kappa shape index (κ1) is 16.9. The van der Waals surface area contributed by atoms with E-state index in [9.17, 15) is 0 Å². The second-order valence-electron chi connectivity index (χ2n) is 4.39. The van der Waals surface area contributed by atoms with Crippen LogP contribution in [-0.4, -0.2) is 39.5 Å². The summed E-state index contributed by atoms with van der Waals surface area (Å²) in [5.74, 6) is 0. The molecule has 0 saturated heterocycles. The minimum absolute atomic E-state index is 0.889. The molecule has 0 unspecified atom stereocenters. The van der Waals surface area contributed by atoms with Crippen LogP contribution in [0.4, 0.5) is 0 Å². The summed E-state index contributed by atoms with van der Waals surface area (Å²) in [7, 11) is 0.